The van der Waals surface area contributed by atoms with Gasteiger partial charge in [0.05, 0.1) is 5.02 Å². The molecule has 0 saturated carbocycles. The van der Waals surface area contributed by atoms with E-state index < -0.39 is 34.4 Å². The van der Waals surface area contributed by atoms with Crippen LogP contribution in [0.25, 0.3) is 0 Å². The molecule has 0 bridgehead atoms. The van der Waals surface area contributed by atoms with Gasteiger partial charge in [-0.05, 0) is 6.07 Å². The smallest absolute Gasteiger partial charge is 0.273 e. The molecule has 25 heavy (non-hydrogen) atoms. The monoisotopic (exact) mass is 367 g/mol. The predicted octanol–water partition coefficient (Wildman–Crippen LogP) is 1.50. The van der Waals surface area contributed by atoms with Gasteiger partial charge >= 0.3 is 0 Å². The van der Waals surface area contributed by atoms with E-state index in [1.165, 1.54) is 32.3 Å². The Morgan fingerprint density at radius 3 is 2.68 bits per heavy atom. The zero-order valence-corrected chi connectivity index (χ0v) is 14.1. The molecule has 0 spiro atoms. The highest BCUT2D eigenvalue weighted by molar-refractivity contribution is 6.30. The van der Waals surface area contributed by atoms with Crippen LogP contribution in [0.3, 0.4) is 0 Å². The second kappa shape index (κ2) is 7.35. The fourth-order valence-corrected chi connectivity index (χ4v) is 2.22. The van der Waals surface area contributed by atoms with Gasteiger partial charge in [0.1, 0.15) is 11.4 Å². The molecular weight excluding hydrogens is 353 g/mol. The molecule has 0 aliphatic heterocycles. The number of nitrogens with zero attached hydrogens (tertiary/aromatic N) is 1. The van der Waals surface area contributed by atoms with Crippen molar-refractivity contribution in [1.29, 1.82) is 0 Å². The minimum Gasteiger partial charge on any atom is -0.503 e. The topological polar surface area (TPSA) is 103 Å². The van der Waals surface area contributed by atoms with E-state index in [4.69, 9.17) is 11.6 Å². The number of rotatable bonds is 4. The zero-order valence-electron chi connectivity index (χ0n) is 13.4. The lowest BCUT2D eigenvalue weighted by molar-refractivity contribution is 0.0817. The molecular formula is C16H15ClFN3O4. The Hall–Kier alpha value is -2.87. The summed E-state index contributed by atoms with van der Waals surface area (Å²) in [6.07, 6.45) is 1.02. The van der Waals surface area contributed by atoms with Gasteiger partial charge in [-0.2, -0.15) is 0 Å². The number of carbonyl (C=O) groups excluding carboxylic acids is 2. The number of aromatic nitrogens is 1. The lowest BCUT2D eigenvalue weighted by Crippen LogP contribution is -2.31. The fourth-order valence-electron chi connectivity index (χ4n) is 2.03. The summed E-state index contributed by atoms with van der Waals surface area (Å²) < 4.78 is 13.8. The molecule has 0 saturated heterocycles. The van der Waals surface area contributed by atoms with E-state index in [0.717, 1.165) is 11.1 Å². The number of halogens is 2. The number of aromatic hydroxyl groups is 1. The van der Waals surface area contributed by atoms with Crippen LogP contribution in [0.15, 0.2) is 29.2 Å². The molecule has 0 aliphatic rings. The van der Waals surface area contributed by atoms with Crippen molar-refractivity contribution in [1.82, 2.24) is 15.2 Å². The zero-order chi connectivity index (χ0) is 18.7. The molecule has 0 aliphatic carbocycles. The molecule has 1 heterocycles. The van der Waals surface area contributed by atoms with Gasteiger partial charge in [0.25, 0.3) is 11.8 Å². The number of hydrogen-bond acceptors (Lipinski definition) is 4. The number of hydrogen-bond donors (Lipinski definition) is 3. The van der Waals surface area contributed by atoms with Crippen LogP contribution in [0.2, 0.25) is 5.02 Å². The summed E-state index contributed by atoms with van der Waals surface area (Å²) in [6.45, 7) is -0.205. The van der Waals surface area contributed by atoms with Gasteiger partial charge in [-0.1, -0.05) is 23.7 Å². The number of amides is 2. The number of pyridine rings is 1. The van der Waals surface area contributed by atoms with Gasteiger partial charge in [0.15, 0.2) is 11.4 Å². The van der Waals surface area contributed by atoms with E-state index in [2.05, 4.69) is 10.3 Å². The van der Waals surface area contributed by atoms with Gasteiger partial charge in [-0.3, -0.25) is 14.4 Å². The van der Waals surface area contributed by atoms with Crippen molar-refractivity contribution in [3.63, 3.8) is 0 Å². The fraction of sp³-hybridized carbons (Fsp3) is 0.188. The molecule has 7 nitrogen and oxygen atoms in total. The average Bonchev–Trinajstić information content (AvgIpc) is 2.57. The maximum atomic E-state index is 13.8. The highest BCUT2D eigenvalue weighted by Gasteiger charge is 2.21. The minimum atomic E-state index is -1.01. The van der Waals surface area contributed by atoms with E-state index in [9.17, 15) is 23.9 Å². The molecule has 2 aromatic rings. The van der Waals surface area contributed by atoms with Crippen LogP contribution in [0.4, 0.5) is 4.39 Å². The standard InChI is InChI=1S/C16H15ClFN3O4/c1-21(2)16(25)12-14(23)13(22)9(7-19-12)15(24)20-6-8-4-3-5-10(17)11(8)18/h3-5,7,23H,6H2,1-2H3,(H,19,22)(H,20,24). The lowest BCUT2D eigenvalue weighted by Gasteiger charge is -2.12. The van der Waals surface area contributed by atoms with Crippen molar-refractivity contribution >= 4 is 23.4 Å². The van der Waals surface area contributed by atoms with Crippen LogP contribution < -0.4 is 10.7 Å². The third kappa shape index (κ3) is 3.80. The first-order valence-corrected chi connectivity index (χ1v) is 7.49. The maximum absolute atomic E-state index is 13.8. The summed E-state index contributed by atoms with van der Waals surface area (Å²) in [6, 6.07) is 4.32. The predicted molar refractivity (Wildman–Crippen MR) is 89.3 cm³/mol. The van der Waals surface area contributed by atoms with E-state index in [0.29, 0.717) is 0 Å². The SMILES string of the molecule is CN(C)C(=O)c1[nH]cc(C(=O)NCc2cccc(Cl)c2F)c(=O)c1O. The van der Waals surface area contributed by atoms with Crippen LogP contribution in [-0.2, 0) is 6.54 Å². The molecule has 0 radical (unpaired) electrons. The Labute approximate surface area is 147 Å². The van der Waals surface area contributed by atoms with E-state index in [1.807, 2.05) is 0 Å². The molecule has 132 valence electrons. The van der Waals surface area contributed by atoms with Gasteiger partial charge in [-0.15, -0.1) is 0 Å². The Bertz CT molecular complexity index is 895. The Kier molecular flexibility index (Phi) is 5.43. The maximum Gasteiger partial charge on any atom is 0.273 e. The van der Waals surface area contributed by atoms with E-state index in [-0.39, 0.29) is 22.8 Å². The van der Waals surface area contributed by atoms with Crippen LogP contribution in [0.5, 0.6) is 5.75 Å². The molecule has 9 heteroatoms. The van der Waals surface area contributed by atoms with Crippen LogP contribution in [0.1, 0.15) is 26.4 Å². The first-order chi connectivity index (χ1) is 11.7. The third-order valence-corrected chi connectivity index (χ3v) is 3.68. The molecule has 3 N–H and O–H groups in total. The summed E-state index contributed by atoms with van der Waals surface area (Å²) >= 11 is 5.65. The molecule has 0 atom stereocenters. The molecule has 2 amide bonds. The molecule has 1 aromatic heterocycles. The number of carbonyl (C=O) groups is 2. The lowest BCUT2D eigenvalue weighted by atomic mass is 10.1. The normalized spacial score (nSPS) is 10.4. The Morgan fingerprint density at radius 2 is 2.04 bits per heavy atom. The van der Waals surface area contributed by atoms with Gasteiger partial charge < -0.3 is 20.3 Å². The van der Waals surface area contributed by atoms with Gasteiger partial charge in [0, 0.05) is 32.4 Å². The number of H-pyrrole nitrogens is 1. The average molecular weight is 368 g/mol. The van der Waals surface area contributed by atoms with Crippen molar-refractivity contribution in [3.05, 3.63) is 62.3 Å². The van der Waals surface area contributed by atoms with Crippen LogP contribution in [0, 0.1) is 5.82 Å². The summed E-state index contributed by atoms with van der Waals surface area (Å²) in [5.74, 6) is -2.99. The molecule has 0 fully saturated rings. The highest BCUT2D eigenvalue weighted by atomic mass is 35.5. The van der Waals surface area contributed by atoms with Gasteiger partial charge in [-0.25, -0.2) is 4.39 Å². The first kappa shape index (κ1) is 18.5. The second-order valence-electron chi connectivity index (χ2n) is 5.35. The van der Waals surface area contributed by atoms with Crippen LogP contribution in [-0.4, -0.2) is 40.9 Å². The molecule has 1 aromatic carbocycles. The summed E-state index contributed by atoms with van der Waals surface area (Å²) in [7, 11) is 2.89. The summed E-state index contributed by atoms with van der Waals surface area (Å²) in [4.78, 5) is 39.6. The third-order valence-electron chi connectivity index (χ3n) is 3.39. The summed E-state index contributed by atoms with van der Waals surface area (Å²) in [5.41, 5.74) is -1.60. The number of aromatic amines is 1. The quantitative estimate of drug-likeness (QED) is 0.762. The molecule has 0 unspecified atom stereocenters. The minimum absolute atomic E-state index is 0.0891. The van der Waals surface area contributed by atoms with E-state index >= 15 is 0 Å². The summed E-state index contributed by atoms with van der Waals surface area (Å²) in [5, 5.41) is 12.1. The Balaban J connectivity index is 2.23. The van der Waals surface area contributed by atoms with Crippen LogP contribution >= 0.6 is 11.6 Å². The highest BCUT2D eigenvalue weighted by Crippen LogP contribution is 2.17. The first-order valence-electron chi connectivity index (χ1n) is 7.11. The van der Waals surface area contributed by atoms with Crippen molar-refractivity contribution in [2.45, 2.75) is 6.54 Å². The number of benzene rings is 1. The van der Waals surface area contributed by atoms with Crippen molar-refractivity contribution in [3.8, 4) is 5.75 Å². The van der Waals surface area contributed by atoms with Crippen molar-refractivity contribution < 1.29 is 19.1 Å². The second-order valence-corrected chi connectivity index (χ2v) is 5.76. The van der Waals surface area contributed by atoms with Crippen molar-refractivity contribution in [2.24, 2.45) is 0 Å². The largest absolute Gasteiger partial charge is 0.503 e. The molecule has 2 rings (SSSR count). The Morgan fingerprint density at radius 1 is 1.36 bits per heavy atom. The van der Waals surface area contributed by atoms with Crippen molar-refractivity contribution in [2.75, 3.05) is 14.1 Å². The number of nitrogens with one attached hydrogen (secondary N) is 2. The van der Waals surface area contributed by atoms with Gasteiger partial charge in [0.2, 0.25) is 5.43 Å². The van der Waals surface area contributed by atoms with E-state index in [1.54, 1.807) is 0 Å².